The maximum absolute atomic E-state index is 12.4. The van der Waals surface area contributed by atoms with Gasteiger partial charge in [0.2, 0.25) is 5.91 Å². The van der Waals surface area contributed by atoms with Gasteiger partial charge >= 0.3 is 0 Å². The van der Waals surface area contributed by atoms with E-state index in [1.54, 1.807) is 18.6 Å². The normalized spacial score (nSPS) is 18.4. The number of aromatic nitrogens is 3. The van der Waals surface area contributed by atoms with Crippen molar-refractivity contribution in [1.82, 2.24) is 19.7 Å². The van der Waals surface area contributed by atoms with Gasteiger partial charge in [-0.05, 0) is 30.7 Å². The zero-order valence-corrected chi connectivity index (χ0v) is 12.7. The fourth-order valence-electron chi connectivity index (χ4n) is 2.65. The Balaban J connectivity index is 1.57. The third kappa shape index (κ3) is 3.33. The average Bonchev–Trinajstić information content (AvgIpc) is 2.99. The van der Waals surface area contributed by atoms with Crippen molar-refractivity contribution < 1.29 is 9.53 Å². The molecule has 1 unspecified atom stereocenters. The predicted molar refractivity (Wildman–Crippen MR) is 81.1 cm³/mol. The molecule has 0 saturated carbocycles. The lowest BCUT2D eigenvalue weighted by Gasteiger charge is -2.33. The number of amides is 1. The summed E-state index contributed by atoms with van der Waals surface area (Å²) in [6, 6.07) is 5.82. The van der Waals surface area contributed by atoms with Crippen molar-refractivity contribution in [2.24, 2.45) is 0 Å². The van der Waals surface area contributed by atoms with Gasteiger partial charge in [0.1, 0.15) is 6.10 Å². The van der Waals surface area contributed by atoms with Crippen LogP contribution in [0.25, 0.3) is 0 Å². The van der Waals surface area contributed by atoms with E-state index in [-0.39, 0.29) is 12.0 Å². The maximum atomic E-state index is 12.4. The standard InChI is InChI=1S/C16H20N4O2/c1-13-2-8-18-20(13)9-5-16(21)19-10-11-22-15(12-19)14-3-6-17-7-4-14/h2-4,6-8,15H,5,9-12H2,1H3. The highest BCUT2D eigenvalue weighted by Crippen LogP contribution is 2.21. The predicted octanol–water partition coefficient (Wildman–Crippen LogP) is 1.58. The van der Waals surface area contributed by atoms with Crippen molar-refractivity contribution in [3.05, 3.63) is 48.0 Å². The van der Waals surface area contributed by atoms with Gasteiger partial charge < -0.3 is 9.64 Å². The summed E-state index contributed by atoms with van der Waals surface area (Å²) in [5.41, 5.74) is 2.14. The molecule has 0 spiro atoms. The molecule has 22 heavy (non-hydrogen) atoms. The van der Waals surface area contributed by atoms with Crippen LogP contribution in [0.5, 0.6) is 0 Å². The van der Waals surface area contributed by atoms with E-state index in [9.17, 15) is 4.79 Å². The molecular formula is C16H20N4O2. The molecule has 116 valence electrons. The number of ether oxygens (including phenoxy) is 1. The number of aryl methyl sites for hydroxylation is 2. The molecule has 1 aliphatic rings. The Bertz CT molecular complexity index is 626. The number of hydrogen-bond donors (Lipinski definition) is 0. The van der Waals surface area contributed by atoms with E-state index in [0.717, 1.165) is 11.3 Å². The first-order chi connectivity index (χ1) is 10.7. The first-order valence-corrected chi connectivity index (χ1v) is 7.52. The summed E-state index contributed by atoms with van der Waals surface area (Å²) < 4.78 is 7.63. The summed E-state index contributed by atoms with van der Waals surface area (Å²) >= 11 is 0. The number of hydrogen-bond acceptors (Lipinski definition) is 4. The van der Waals surface area contributed by atoms with Crippen LogP contribution in [-0.2, 0) is 16.1 Å². The minimum atomic E-state index is -0.0628. The highest BCUT2D eigenvalue weighted by molar-refractivity contribution is 5.76. The van der Waals surface area contributed by atoms with Gasteiger partial charge in [-0.2, -0.15) is 5.10 Å². The number of carbonyl (C=O) groups is 1. The molecule has 3 rings (SSSR count). The average molecular weight is 300 g/mol. The molecular weight excluding hydrogens is 280 g/mol. The molecule has 6 heteroatoms. The van der Waals surface area contributed by atoms with Gasteiger partial charge in [-0.1, -0.05) is 0 Å². The lowest BCUT2D eigenvalue weighted by atomic mass is 10.1. The van der Waals surface area contributed by atoms with Crippen LogP contribution in [0.15, 0.2) is 36.8 Å². The molecule has 1 saturated heterocycles. The molecule has 0 aliphatic carbocycles. The Morgan fingerprint density at radius 3 is 2.86 bits per heavy atom. The van der Waals surface area contributed by atoms with Gasteiger partial charge in [-0.3, -0.25) is 14.5 Å². The monoisotopic (exact) mass is 300 g/mol. The van der Waals surface area contributed by atoms with Crippen LogP contribution in [0.3, 0.4) is 0 Å². The van der Waals surface area contributed by atoms with Crippen LogP contribution in [0.4, 0.5) is 0 Å². The molecule has 0 radical (unpaired) electrons. The first-order valence-electron chi connectivity index (χ1n) is 7.52. The summed E-state index contributed by atoms with van der Waals surface area (Å²) in [4.78, 5) is 18.3. The Morgan fingerprint density at radius 1 is 1.32 bits per heavy atom. The number of rotatable bonds is 4. The maximum Gasteiger partial charge on any atom is 0.224 e. The van der Waals surface area contributed by atoms with Crippen LogP contribution in [-0.4, -0.2) is 45.3 Å². The highest BCUT2D eigenvalue weighted by atomic mass is 16.5. The van der Waals surface area contributed by atoms with Crippen LogP contribution in [0.2, 0.25) is 0 Å². The molecule has 2 aromatic heterocycles. The Hall–Kier alpha value is -2.21. The topological polar surface area (TPSA) is 60.2 Å². The first kappa shape index (κ1) is 14.7. The van der Waals surface area contributed by atoms with Crippen molar-refractivity contribution in [2.75, 3.05) is 19.7 Å². The Kier molecular flexibility index (Phi) is 4.48. The summed E-state index contributed by atoms with van der Waals surface area (Å²) in [6.07, 6.45) is 5.66. The molecule has 0 aromatic carbocycles. The van der Waals surface area contributed by atoms with Crippen LogP contribution < -0.4 is 0 Å². The second kappa shape index (κ2) is 6.70. The van der Waals surface area contributed by atoms with Gasteiger partial charge in [0.05, 0.1) is 13.2 Å². The van der Waals surface area contributed by atoms with Gasteiger partial charge in [-0.25, -0.2) is 0 Å². The van der Waals surface area contributed by atoms with E-state index in [2.05, 4.69) is 10.1 Å². The smallest absolute Gasteiger partial charge is 0.224 e. The second-order valence-electron chi connectivity index (χ2n) is 5.43. The van der Waals surface area contributed by atoms with E-state index in [1.807, 2.05) is 34.7 Å². The van der Waals surface area contributed by atoms with Gasteiger partial charge in [0.25, 0.3) is 0 Å². The van der Waals surface area contributed by atoms with Crippen molar-refractivity contribution in [2.45, 2.75) is 26.0 Å². The molecule has 1 aliphatic heterocycles. The number of pyridine rings is 1. The van der Waals surface area contributed by atoms with E-state index in [4.69, 9.17) is 4.74 Å². The quantitative estimate of drug-likeness (QED) is 0.860. The minimum absolute atomic E-state index is 0.0628. The van der Waals surface area contributed by atoms with E-state index in [1.165, 1.54) is 0 Å². The lowest BCUT2D eigenvalue weighted by molar-refractivity contribution is -0.139. The molecule has 1 atom stereocenters. The fourth-order valence-corrected chi connectivity index (χ4v) is 2.65. The number of carbonyl (C=O) groups excluding carboxylic acids is 1. The van der Waals surface area contributed by atoms with Gasteiger partial charge in [-0.15, -0.1) is 0 Å². The molecule has 0 bridgehead atoms. The third-order valence-corrected chi connectivity index (χ3v) is 3.96. The summed E-state index contributed by atoms with van der Waals surface area (Å²) in [7, 11) is 0. The molecule has 1 fully saturated rings. The summed E-state index contributed by atoms with van der Waals surface area (Å²) in [5.74, 6) is 0.150. The molecule has 1 amide bonds. The lowest BCUT2D eigenvalue weighted by Crippen LogP contribution is -2.42. The number of morpholine rings is 1. The molecule has 2 aromatic rings. The highest BCUT2D eigenvalue weighted by Gasteiger charge is 2.25. The SMILES string of the molecule is Cc1ccnn1CCC(=O)N1CCOC(c2ccncc2)C1. The van der Waals surface area contributed by atoms with Crippen LogP contribution >= 0.6 is 0 Å². The zero-order valence-electron chi connectivity index (χ0n) is 12.7. The Morgan fingerprint density at radius 2 is 2.14 bits per heavy atom. The van der Waals surface area contributed by atoms with E-state index >= 15 is 0 Å². The molecule has 6 nitrogen and oxygen atoms in total. The van der Waals surface area contributed by atoms with Crippen molar-refractivity contribution in [3.63, 3.8) is 0 Å². The zero-order chi connectivity index (χ0) is 15.4. The second-order valence-corrected chi connectivity index (χ2v) is 5.43. The fraction of sp³-hybridized carbons (Fsp3) is 0.438. The van der Waals surface area contributed by atoms with Crippen molar-refractivity contribution >= 4 is 5.91 Å². The van der Waals surface area contributed by atoms with Gasteiger partial charge in [0, 0.05) is 43.8 Å². The van der Waals surface area contributed by atoms with Crippen LogP contribution in [0, 0.1) is 6.92 Å². The summed E-state index contributed by atoms with van der Waals surface area (Å²) in [6.45, 7) is 4.43. The Labute approximate surface area is 129 Å². The van der Waals surface area contributed by atoms with E-state index < -0.39 is 0 Å². The van der Waals surface area contributed by atoms with Crippen LogP contribution in [0.1, 0.15) is 23.8 Å². The van der Waals surface area contributed by atoms with E-state index in [0.29, 0.717) is 32.7 Å². The minimum Gasteiger partial charge on any atom is -0.370 e. The van der Waals surface area contributed by atoms with Crippen molar-refractivity contribution in [1.29, 1.82) is 0 Å². The molecule has 3 heterocycles. The van der Waals surface area contributed by atoms with Gasteiger partial charge in [0.15, 0.2) is 0 Å². The number of nitrogens with zero attached hydrogens (tertiary/aromatic N) is 4. The molecule has 0 N–H and O–H groups in total. The third-order valence-electron chi connectivity index (χ3n) is 3.96. The van der Waals surface area contributed by atoms with Crippen molar-refractivity contribution in [3.8, 4) is 0 Å². The largest absolute Gasteiger partial charge is 0.370 e. The summed E-state index contributed by atoms with van der Waals surface area (Å²) in [5, 5.41) is 4.21.